The summed E-state index contributed by atoms with van der Waals surface area (Å²) in [6.07, 6.45) is 4.82. The fraction of sp³-hybridized carbons (Fsp3) is 0.710. The second-order valence-corrected chi connectivity index (χ2v) is 12.8. The van der Waals surface area contributed by atoms with Crippen molar-refractivity contribution in [3.05, 3.63) is 36.0 Å². The maximum absolute atomic E-state index is 13.4. The van der Waals surface area contributed by atoms with Crippen LogP contribution < -0.4 is 0 Å². The number of carbonyl (C=O) groups excluding carboxylic acids is 3. The minimum Gasteiger partial charge on any atom is -0.465 e. The van der Waals surface area contributed by atoms with Gasteiger partial charge in [0.2, 0.25) is 0 Å². The highest BCUT2D eigenvalue weighted by Crippen LogP contribution is 2.72. The molecule has 5 aliphatic rings. The van der Waals surface area contributed by atoms with E-state index in [1.807, 2.05) is 6.92 Å². The van der Waals surface area contributed by atoms with Crippen LogP contribution in [0, 0.1) is 10.8 Å². The molecule has 2 saturated heterocycles. The number of aliphatic hydroxyl groups is 2. The van der Waals surface area contributed by atoms with E-state index in [-0.39, 0.29) is 19.3 Å². The monoisotopic (exact) mass is 590 g/mol. The highest BCUT2D eigenvalue weighted by molar-refractivity contribution is 5.82. The van der Waals surface area contributed by atoms with Gasteiger partial charge in [-0.3, -0.25) is 9.59 Å². The summed E-state index contributed by atoms with van der Waals surface area (Å²) in [5, 5.41) is 21.2. The van der Waals surface area contributed by atoms with Gasteiger partial charge in [-0.1, -0.05) is 36.8 Å². The minimum atomic E-state index is -1.66. The molecule has 3 fully saturated rings. The zero-order chi connectivity index (χ0) is 30.5. The Morgan fingerprint density at radius 1 is 1.17 bits per heavy atom. The van der Waals surface area contributed by atoms with Crippen molar-refractivity contribution in [3.63, 3.8) is 0 Å². The minimum absolute atomic E-state index is 0.0475. The summed E-state index contributed by atoms with van der Waals surface area (Å²) in [7, 11) is 0. The smallest absolute Gasteiger partial charge is 0.331 e. The quantitative estimate of drug-likeness (QED) is 0.211. The van der Waals surface area contributed by atoms with Gasteiger partial charge in [0.15, 0.2) is 0 Å². The van der Waals surface area contributed by atoms with E-state index >= 15 is 0 Å². The standard InChI is InChI=1S/C31H42O11/c1-18-10-11-30-16-38-27(36)14-28(4,42-20(3)33)22(34)15-37-21(19(2)32)8-6-7-9-26(35)41-23-13-25(40-24(30)12-18)31(17-39-31)29(23,30)5/h6-9,12,19,21-25,32,34H,10-11,13-17H2,1-5H3/b8-6-,9-7-. The Bertz CT molecular complexity index is 1190. The lowest BCUT2D eigenvalue weighted by Crippen LogP contribution is -2.66. The Labute approximate surface area is 245 Å². The van der Waals surface area contributed by atoms with Crippen molar-refractivity contribution in [2.24, 2.45) is 10.8 Å². The number of epoxide rings is 1. The molecule has 42 heavy (non-hydrogen) atoms. The van der Waals surface area contributed by atoms with Gasteiger partial charge in [0.25, 0.3) is 0 Å². The van der Waals surface area contributed by atoms with Crippen LogP contribution in [0.1, 0.15) is 60.3 Å². The number of esters is 3. The fourth-order valence-electron chi connectivity index (χ4n) is 7.45. The summed E-state index contributed by atoms with van der Waals surface area (Å²) in [6.45, 7) is 8.28. The number of rotatable bonds is 2. The number of hydrogen-bond donors (Lipinski definition) is 2. The predicted octanol–water partition coefficient (Wildman–Crippen LogP) is 2.08. The lowest BCUT2D eigenvalue weighted by atomic mass is 9.51. The molecular formula is C31H42O11. The maximum Gasteiger partial charge on any atom is 0.331 e. The molecule has 3 aliphatic heterocycles. The van der Waals surface area contributed by atoms with E-state index in [4.69, 9.17) is 28.4 Å². The summed E-state index contributed by atoms with van der Waals surface area (Å²) in [5.41, 5.74) is -2.67. The first kappa shape index (κ1) is 30.9. The number of carbonyl (C=O) groups is 3. The molecule has 3 heterocycles. The van der Waals surface area contributed by atoms with Crippen LogP contribution in [-0.4, -0.2) is 95.8 Å². The van der Waals surface area contributed by atoms with E-state index in [9.17, 15) is 24.6 Å². The Morgan fingerprint density at radius 2 is 1.90 bits per heavy atom. The average Bonchev–Trinajstić information content (AvgIpc) is 3.68. The Morgan fingerprint density at radius 3 is 2.57 bits per heavy atom. The number of cyclic esters (lactones) is 1. The molecule has 11 heteroatoms. The zero-order valence-corrected chi connectivity index (χ0v) is 24.9. The first-order valence-corrected chi connectivity index (χ1v) is 14.6. The van der Waals surface area contributed by atoms with Gasteiger partial charge in [0.1, 0.15) is 36.1 Å². The summed E-state index contributed by atoms with van der Waals surface area (Å²) in [6, 6.07) is 0. The molecule has 0 aromatic heterocycles. The largest absolute Gasteiger partial charge is 0.465 e. The SMILES string of the molecule is CC(=O)OC1(C)CC(=O)OCC23CCC(C)=CC2OC2CC(OC(=O)/C=C\C=C/C(C(C)O)OCC1O)C3(C)C21CO1. The molecule has 2 N–H and O–H groups in total. The average molecular weight is 591 g/mol. The first-order valence-electron chi connectivity index (χ1n) is 14.6. The fourth-order valence-corrected chi connectivity index (χ4v) is 7.45. The third kappa shape index (κ3) is 5.13. The molecular weight excluding hydrogens is 548 g/mol. The van der Waals surface area contributed by atoms with Crippen LogP contribution in [0.2, 0.25) is 0 Å². The summed E-state index contributed by atoms with van der Waals surface area (Å²) < 4.78 is 36.0. The van der Waals surface area contributed by atoms with Crippen LogP contribution in [0.4, 0.5) is 0 Å². The molecule has 10 atom stereocenters. The van der Waals surface area contributed by atoms with Crippen molar-refractivity contribution in [2.75, 3.05) is 19.8 Å². The third-order valence-electron chi connectivity index (χ3n) is 10.1. The normalized spacial score (nSPS) is 46.2. The van der Waals surface area contributed by atoms with Crippen molar-refractivity contribution < 1.29 is 53.0 Å². The molecule has 2 spiro atoms. The molecule has 0 radical (unpaired) electrons. The van der Waals surface area contributed by atoms with Crippen molar-refractivity contribution in [3.8, 4) is 0 Å². The second-order valence-electron chi connectivity index (χ2n) is 12.8. The highest BCUT2D eigenvalue weighted by Gasteiger charge is 2.83. The van der Waals surface area contributed by atoms with Gasteiger partial charge in [-0.15, -0.1) is 0 Å². The van der Waals surface area contributed by atoms with Gasteiger partial charge in [-0.25, -0.2) is 4.79 Å². The number of ether oxygens (including phenoxy) is 6. The number of aliphatic hydroxyl groups excluding tert-OH is 2. The molecule has 0 aromatic rings. The summed E-state index contributed by atoms with van der Waals surface area (Å²) in [4.78, 5) is 38.5. The molecule has 0 amide bonds. The Kier molecular flexibility index (Phi) is 8.21. The van der Waals surface area contributed by atoms with Gasteiger partial charge >= 0.3 is 17.9 Å². The Hall–Kier alpha value is -2.57. The van der Waals surface area contributed by atoms with Crippen LogP contribution in [0.3, 0.4) is 0 Å². The predicted molar refractivity (Wildman–Crippen MR) is 147 cm³/mol. The number of hydrogen-bond acceptors (Lipinski definition) is 11. The lowest BCUT2D eigenvalue weighted by Gasteiger charge is -2.58. The molecule has 2 bridgehead atoms. The van der Waals surface area contributed by atoms with E-state index in [0.717, 1.165) is 12.0 Å². The third-order valence-corrected chi connectivity index (χ3v) is 10.1. The van der Waals surface area contributed by atoms with Crippen LogP contribution in [0.5, 0.6) is 0 Å². The van der Waals surface area contributed by atoms with E-state index < -0.39 is 76.9 Å². The van der Waals surface area contributed by atoms with E-state index in [1.54, 1.807) is 6.08 Å². The van der Waals surface area contributed by atoms with Gasteiger partial charge < -0.3 is 38.6 Å². The molecule has 232 valence electrons. The molecule has 2 aliphatic carbocycles. The second kappa shape index (κ2) is 11.2. The van der Waals surface area contributed by atoms with Crippen molar-refractivity contribution in [2.45, 2.75) is 108 Å². The van der Waals surface area contributed by atoms with Gasteiger partial charge in [-0.05, 0) is 33.6 Å². The van der Waals surface area contributed by atoms with Crippen molar-refractivity contribution >= 4 is 17.9 Å². The molecule has 5 rings (SSSR count). The highest BCUT2D eigenvalue weighted by atomic mass is 16.6. The molecule has 0 aromatic carbocycles. The number of allylic oxidation sites excluding steroid dienone is 3. The zero-order valence-electron chi connectivity index (χ0n) is 24.9. The van der Waals surface area contributed by atoms with Gasteiger partial charge in [-0.2, -0.15) is 0 Å². The first-order chi connectivity index (χ1) is 19.8. The van der Waals surface area contributed by atoms with Crippen LogP contribution in [0.25, 0.3) is 0 Å². The Balaban J connectivity index is 1.53. The molecule has 1 saturated carbocycles. The lowest BCUT2D eigenvalue weighted by molar-refractivity contribution is -0.234. The maximum atomic E-state index is 13.4. The van der Waals surface area contributed by atoms with Crippen molar-refractivity contribution in [1.82, 2.24) is 0 Å². The molecule has 10 unspecified atom stereocenters. The van der Waals surface area contributed by atoms with Gasteiger partial charge in [0.05, 0.1) is 43.4 Å². The summed E-state index contributed by atoms with van der Waals surface area (Å²) >= 11 is 0. The molecule has 11 nitrogen and oxygen atoms in total. The summed E-state index contributed by atoms with van der Waals surface area (Å²) in [5.74, 6) is -1.90. The topological polar surface area (TPSA) is 150 Å². The van der Waals surface area contributed by atoms with E-state index in [0.29, 0.717) is 19.4 Å². The van der Waals surface area contributed by atoms with Crippen LogP contribution in [0.15, 0.2) is 36.0 Å². The van der Waals surface area contributed by atoms with Crippen molar-refractivity contribution in [1.29, 1.82) is 0 Å². The van der Waals surface area contributed by atoms with E-state index in [1.165, 1.54) is 39.0 Å². The van der Waals surface area contributed by atoms with Gasteiger partial charge in [0, 0.05) is 24.8 Å². The van der Waals surface area contributed by atoms with Crippen LogP contribution in [-0.2, 0) is 42.8 Å². The van der Waals surface area contributed by atoms with Crippen LogP contribution >= 0.6 is 0 Å². The van der Waals surface area contributed by atoms with E-state index in [2.05, 4.69) is 13.0 Å².